The molecule has 1 amide bonds. The maximum Gasteiger partial charge on any atom is 0.226 e. The van der Waals surface area contributed by atoms with E-state index >= 15 is 0 Å². The van der Waals surface area contributed by atoms with Crippen molar-refractivity contribution in [3.63, 3.8) is 0 Å². The molecule has 1 heterocycles. The number of amides is 1. The van der Waals surface area contributed by atoms with Gasteiger partial charge >= 0.3 is 0 Å². The highest BCUT2D eigenvalue weighted by Gasteiger charge is 2.23. The van der Waals surface area contributed by atoms with Gasteiger partial charge in [-0.2, -0.15) is 5.26 Å². The lowest BCUT2D eigenvalue weighted by Crippen LogP contribution is -2.29. The molecule has 4 nitrogen and oxygen atoms in total. The number of thiophene rings is 1. The molecule has 0 spiro atoms. The predicted octanol–water partition coefficient (Wildman–Crippen LogP) is 3.34. The Balaban J connectivity index is 1.93. The summed E-state index contributed by atoms with van der Waals surface area (Å²) in [6.07, 6.45) is 3.56. The Labute approximate surface area is 136 Å². The Kier molecular flexibility index (Phi) is 5.76. The van der Waals surface area contributed by atoms with Crippen molar-refractivity contribution in [2.24, 2.45) is 0 Å². The number of fused-ring (bicyclic) bond motifs is 1. The molecule has 0 aliphatic heterocycles. The zero-order valence-electron chi connectivity index (χ0n) is 13.4. The number of aryl methyl sites for hydroxylation is 1. The van der Waals surface area contributed by atoms with E-state index in [2.05, 4.69) is 29.8 Å². The van der Waals surface area contributed by atoms with Crippen LogP contribution in [0.5, 0.6) is 0 Å². The normalized spacial score (nSPS) is 13.0. The lowest BCUT2D eigenvalue weighted by Gasteiger charge is -2.19. The minimum absolute atomic E-state index is 0.0170. The van der Waals surface area contributed by atoms with E-state index in [-0.39, 0.29) is 5.91 Å². The highest BCUT2D eigenvalue weighted by molar-refractivity contribution is 7.16. The van der Waals surface area contributed by atoms with Crippen molar-refractivity contribution in [2.75, 3.05) is 25.0 Å². The average Bonchev–Trinajstić information content (AvgIpc) is 3.03. The van der Waals surface area contributed by atoms with Crippen molar-refractivity contribution >= 4 is 22.2 Å². The lowest BCUT2D eigenvalue weighted by atomic mass is 10.1. The highest BCUT2D eigenvalue weighted by atomic mass is 32.1. The van der Waals surface area contributed by atoms with E-state index in [4.69, 9.17) is 0 Å². The van der Waals surface area contributed by atoms with Crippen molar-refractivity contribution in [1.82, 2.24) is 4.90 Å². The summed E-state index contributed by atoms with van der Waals surface area (Å²) in [5.74, 6) is -0.0170. The highest BCUT2D eigenvalue weighted by Crippen LogP contribution is 2.38. The maximum atomic E-state index is 12.2. The number of carbonyl (C=O) groups excluding carboxylic acids is 1. The molecule has 1 aromatic heterocycles. The Morgan fingerprint density at radius 1 is 1.50 bits per heavy atom. The molecule has 5 heteroatoms. The van der Waals surface area contributed by atoms with Crippen LogP contribution in [0.1, 0.15) is 42.7 Å². The van der Waals surface area contributed by atoms with E-state index < -0.39 is 0 Å². The molecule has 0 saturated heterocycles. The van der Waals surface area contributed by atoms with Gasteiger partial charge in [-0.25, -0.2) is 0 Å². The first-order valence-corrected chi connectivity index (χ1v) is 8.58. The summed E-state index contributed by atoms with van der Waals surface area (Å²) in [7, 11) is 0. The predicted molar refractivity (Wildman–Crippen MR) is 91.2 cm³/mol. The van der Waals surface area contributed by atoms with Crippen LogP contribution in [0.3, 0.4) is 0 Å². The largest absolute Gasteiger partial charge is 0.317 e. The molecule has 0 aromatic carbocycles. The molecule has 0 radical (unpaired) electrons. The molecule has 118 valence electrons. The summed E-state index contributed by atoms with van der Waals surface area (Å²) < 4.78 is 0. The number of rotatable bonds is 7. The molecular formula is C17H23N3OS. The number of anilines is 1. The van der Waals surface area contributed by atoms with E-state index in [0.29, 0.717) is 18.5 Å². The van der Waals surface area contributed by atoms with Gasteiger partial charge in [-0.15, -0.1) is 11.3 Å². The van der Waals surface area contributed by atoms with Crippen molar-refractivity contribution in [3.05, 3.63) is 28.2 Å². The molecule has 1 aliphatic rings. The summed E-state index contributed by atoms with van der Waals surface area (Å²) >= 11 is 1.57. The van der Waals surface area contributed by atoms with Crippen molar-refractivity contribution in [2.45, 2.75) is 39.5 Å². The van der Waals surface area contributed by atoms with Crippen molar-refractivity contribution < 1.29 is 4.79 Å². The lowest BCUT2D eigenvalue weighted by molar-refractivity contribution is -0.116. The van der Waals surface area contributed by atoms with Gasteiger partial charge in [-0.05, 0) is 38.3 Å². The van der Waals surface area contributed by atoms with Gasteiger partial charge in [0.1, 0.15) is 11.1 Å². The third-order valence-corrected chi connectivity index (χ3v) is 5.09. The molecular weight excluding hydrogens is 294 g/mol. The molecule has 0 saturated carbocycles. The fourth-order valence-corrected chi connectivity index (χ4v) is 4.05. The topological polar surface area (TPSA) is 56.1 Å². The Hall–Kier alpha value is -1.64. The van der Waals surface area contributed by atoms with Crippen LogP contribution in [-0.2, 0) is 17.6 Å². The number of hydrogen-bond donors (Lipinski definition) is 1. The van der Waals surface area contributed by atoms with E-state index in [1.807, 2.05) is 6.92 Å². The van der Waals surface area contributed by atoms with E-state index in [1.54, 1.807) is 11.3 Å². The molecule has 2 rings (SSSR count). The maximum absolute atomic E-state index is 12.2. The number of hydrogen-bond acceptors (Lipinski definition) is 4. The van der Waals surface area contributed by atoms with Gasteiger partial charge in [0.2, 0.25) is 5.91 Å². The molecule has 1 aromatic rings. The van der Waals surface area contributed by atoms with Gasteiger partial charge in [0, 0.05) is 24.4 Å². The smallest absolute Gasteiger partial charge is 0.226 e. The number of nitrogens with one attached hydrogen (secondary N) is 1. The first-order chi connectivity index (χ1) is 10.5. The zero-order chi connectivity index (χ0) is 16.1. The summed E-state index contributed by atoms with van der Waals surface area (Å²) in [6, 6.07) is 2.26. The Morgan fingerprint density at radius 2 is 2.27 bits per heavy atom. The van der Waals surface area contributed by atoms with E-state index in [1.165, 1.54) is 4.88 Å². The Morgan fingerprint density at radius 3 is 2.91 bits per heavy atom. The minimum atomic E-state index is -0.0170. The van der Waals surface area contributed by atoms with Gasteiger partial charge in [0.25, 0.3) is 0 Å². The summed E-state index contributed by atoms with van der Waals surface area (Å²) in [5, 5.41) is 13.0. The van der Waals surface area contributed by atoms with Crippen LogP contribution in [0.2, 0.25) is 0 Å². The second-order valence-corrected chi connectivity index (χ2v) is 6.90. The minimum Gasteiger partial charge on any atom is -0.317 e. The van der Waals surface area contributed by atoms with Crippen LogP contribution in [-0.4, -0.2) is 30.4 Å². The number of nitrogens with zero attached hydrogens (tertiary/aromatic N) is 2. The van der Waals surface area contributed by atoms with E-state index in [9.17, 15) is 10.1 Å². The van der Waals surface area contributed by atoms with Crippen LogP contribution in [0.4, 0.5) is 5.00 Å². The van der Waals surface area contributed by atoms with Crippen molar-refractivity contribution in [1.29, 1.82) is 5.26 Å². The van der Waals surface area contributed by atoms with Crippen LogP contribution in [0.25, 0.3) is 0 Å². The second-order valence-electron chi connectivity index (χ2n) is 5.80. The summed E-state index contributed by atoms with van der Waals surface area (Å²) in [4.78, 5) is 15.6. The molecule has 0 unspecified atom stereocenters. The number of carbonyl (C=O) groups is 1. The standard InChI is InChI=1S/C17H23N3OS/c1-4-20(11-12(2)3)9-8-16(21)19-17-14(10-18)13-6-5-7-15(13)22-17/h2,4-9,11H2,1,3H3,(H,19,21). The molecule has 0 fully saturated rings. The average molecular weight is 317 g/mol. The quantitative estimate of drug-likeness (QED) is 0.785. The molecule has 22 heavy (non-hydrogen) atoms. The first-order valence-electron chi connectivity index (χ1n) is 7.76. The fraction of sp³-hybridized carbons (Fsp3) is 0.529. The Bertz CT molecular complexity index is 612. The van der Waals surface area contributed by atoms with Crippen LogP contribution in [0, 0.1) is 11.3 Å². The van der Waals surface area contributed by atoms with Gasteiger partial charge < -0.3 is 5.32 Å². The van der Waals surface area contributed by atoms with Crippen LogP contribution < -0.4 is 5.32 Å². The number of nitriles is 1. The monoisotopic (exact) mass is 317 g/mol. The SMILES string of the molecule is C=C(C)CN(CC)CCC(=O)Nc1sc2c(c1C#N)CCC2. The third kappa shape index (κ3) is 3.96. The van der Waals surface area contributed by atoms with Crippen molar-refractivity contribution in [3.8, 4) is 6.07 Å². The third-order valence-electron chi connectivity index (χ3n) is 3.88. The van der Waals surface area contributed by atoms with Gasteiger partial charge in [-0.3, -0.25) is 9.69 Å². The molecule has 0 atom stereocenters. The second kappa shape index (κ2) is 7.57. The summed E-state index contributed by atoms with van der Waals surface area (Å²) in [6.45, 7) is 10.4. The zero-order valence-corrected chi connectivity index (χ0v) is 14.2. The molecule has 0 bridgehead atoms. The van der Waals surface area contributed by atoms with E-state index in [0.717, 1.165) is 48.5 Å². The van der Waals surface area contributed by atoms with Crippen LogP contribution >= 0.6 is 11.3 Å². The summed E-state index contributed by atoms with van der Waals surface area (Å²) in [5.41, 5.74) is 2.93. The number of likely N-dealkylation sites (N-methyl/N-ethyl adjacent to an activating group) is 1. The van der Waals surface area contributed by atoms with Gasteiger partial charge in [0.15, 0.2) is 0 Å². The fourth-order valence-electron chi connectivity index (χ4n) is 2.79. The van der Waals surface area contributed by atoms with Gasteiger partial charge in [0.05, 0.1) is 5.56 Å². The van der Waals surface area contributed by atoms with Gasteiger partial charge in [-0.1, -0.05) is 19.1 Å². The first kappa shape index (κ1) is 16.7. The van der Waals surface area contributed by atoms with Crippen LogP contribution in [0.15, 0.2) is 12.2 Å². The molecule has 1 N–H and O–H groups in total. The molecule has 1 aliphatic carbocycles.